The summed E-state index contributed by atoms with van der Waals surface area (Å²) in [4.78, 5) is 4.43. The standard InChI is InChI=1S/C15H10ClN5O/c1-21-13-8-9(5-6-12(13)18-20-21)14-17-15(22-19-14)10-3-2-4-11(16)7-10/h2-8H,1H3. The van der Waals surface area contributed by atoms with E-state index in [1.165, 1.54) is 0 Å². The summed E-state index contributed by atoms with van der Waals surface area (Å²) in [6.07, 6.45) is 0. The highest BCUT2D eigenvalue weighted by atomic mass is 35.5. The van der Waals surface area contributed by atoms with Crippen LogP contribution in [0.4, 0.5) is 0 Å². The van der Waals surface area contributed by atoms with Gasteiger partial charge >= 0.3 is 0 Å². The van der Waals surface area contributed by atoms with Crippen LogP contribution < -0.4 is 0 Å². The molecule has 0 saturated heterocycles. The maximum Gasteiger partial charge on any atom is 0.258 e. The zero-order chi connectivity index (χ0) is 15.1. The molecule has 0 fully saturated rings. The molecule has 4 rings (SSSR count). The first-order valence-corrected chi connectivity index (χ1v) is 6.98. The first-order valence-electron chi connectivity index (χ1n) is 6.60. The molecule has 0 aliphatic rings. The minimum absolute atomic E-state index is 0.431. The van der Waals surface area contributed by atoms with Gasteiger partial charge in [-0.15, -0.1) is 5.10 Å². The number of benzene rings is 2. The molecule has 0 saturated carbocycles. The third-order valence-corrected chi connectivity index (χ3v) is 3.60. The van der Waals surface area contributed by atoms with Crippen molar-refractivity contribution < 1.29 is 4.52 Å². The second-order valence-electron chi connectivity index (χ2n) is 4.85. The van der Waals surface area contributed by atoms with Crippen molar-refractivity contribution in [1.82, 2.24) is 25.1 Å². The van der Waals surface area contributed by atoms with Gasteiger partial charge in [-0.2, -0.15) is 4.98 Å². The molecule has 4 aromatic rings. The Kier molecular flexibility index (Phi) is 2.90. The van der Waals surface area contributed by atoms with E-state index in [2.05, 4.69) is 20.5 Å². The minimum atomic E-state index is 0.431. The van der Waals surface area contributed by atoms with Crippen LogP contribution in [0.1, 0.15) is 0 Å². The fourth-order valence-electron chi connectivity index (χ4n) is 2.25. The Hall–Kier alpha value is -2.73. The van der Waals surface area contributed by atoms with Gasteiger partial charge in [-0.3, -0.25) is 0 Å². The predicted molar refractivity (Wildman–Crippen MR) is 82.2 cm³/mol. The molecule has 108 valence electrons. The highest BCUT2D eigenvalue weighted by Gasteiger charge is 2.12. The van der Waals surface area contributed by atoms with E-state index in [0.29, 0.717) is 16.7 Å². The van der Waals surface area contributed by atoms with Crippen LogP contribution in [0, 0.1) is 0 Å². The number of hydrogen-bond acceptors (Lipinski definition) is 5. The van der Waals surface area contributed by atoms with Crippen LogP contribution in [0.5, 0.6) is 0 Å². The van der Waals surface area contributed by atoms with Crippen LogP contribution in [0.2, 0.25) is 5.02 Å². The highest BCUT2D eigenvalue weighted by Crippen LogP contribution is 2.25. The Morgan fingerprint density at radius 1 is 1.09 bits per heavy atom. The lowest BCUT2D eigenvalue weighted by molar-refractivity contribution is 0.432. The molecule has 0 amide bonds. The molecule has 0 atom stereocenters. The lowest BCUT2D eigenvalue weighted by atomic mass is 10.2. The molecular weight excluding hydrogens is 302 g/mol. The first kappa shape index (κ1) is 13.0. The largest absolute Gasteiger partial charge is 0.334 e. The van der Waals surface area contributed by atoms with Crippen molar-refractivity contribution in [2.45, 2.75) is 0 Å². The minimum Gasteiger partial charge on any atom is -0.334 e. The summed E-state index contributed by atoms with van der Waals surface area (Å²) in [5.41, 5.74) is 3.36. The van der Waals surface area contributed by atoms with E-state index < -0.39 is 0 Å². The van der Waals surface area contributed by atoms with Gasteiger partial charge < -0.3 is 4.52 Å². The Labute approximate surface area is 130 Å². The van der Waals surface area contributed by atoms with E-state index in [9.17, 15) is 0 Å². The van der Waals surface area contributed by atoms with E-state index in [1.54, 1.807) is 16.8 Å². The van der Waals surface area contributed by atoms with Crippen LogP contribution in [-0.2, 0) is 7.05 Å². The van der Waals surface area contributed by atoms with Crippen LogP contribution in [0.3, 0.4) is 0 Å². The van der Waals surface area contributed by atoms with Gasteiger partial charge in [0.15, 0.2) is 0 Å². The van der Waals surface area contributed by atoms with Crippen molar-refractivity contribution in [1.29, 1.82) is 0 Å². The van der Waals surface area contributed by atoms with Crippen molar-refractivity contribution >= 4 is 22.6 Å². The number of halogens is 1. The Bertz CT molecular complexity index is 975. The van der Waals surface area contributed by atoms with Gasteiger partial charge in [0.25, 0.3) is 5.89 Å². The number of hydrogen-bond donors (Lipinski definition) is 0. The monoisotopic (exact) mass is 311 g/mol. The lowest BCUT2D eigenvalue weighted by Gasteiger charge is -1.96. The van der Waals surface area contributed by atoms with Crippen molar-refractivity contribution in [2.24, 2.45) is 7.05 Å². The number of aromatic nitrogens is 5. The normalized spacial score (nSPS) is 11.2. The van der Waals surface area contributed by atoms with Crippen LogP contribution in [0.25, 0.3) is 33.9 Å². The van der Waals surface area contributed by atoms with Gasteiger partial charge in [0.1, 0.15) is 5.52 Å². The summed E-state index contributed by atoms with van der Waals surface area (Å²) < 4.78 is 7.03. The molecule has 0 spiro atoms. The fourth-order valence-corrected chi connectivity index (χ4v) is 2.44. The lowest BCUT2D eigenvalue weighted by Crippen LogP contribution is -1.90. The SMILES string of the molecule is Cn1nnc2ccc(-c3noc(-c4cccc(Cl)c4)n3)cc21. The molecule has 2 heterocycles. The van der Waals surface area contributed by atoms with E-state index in [1.807, 2.05) is 37.4 Å². The quantitative estimate of drug-likeness (QED) is 0.568. The number of aryl methyl sites for hydroxylation is 1. The second-order valence-corrected chi connectivity index (χ2v) is 5.29. The molecule has 2 aromatic carbocycles. The smallest absolute Gasteiger partial charge is 0.258 e. The van der Waals surface area contributed by atoms with Gasteiger partial charge in [-0.25, -0.2) is 4.68 Å². The van der Waals surface area contributed by atoms with Crippen molar-refractivity contribution in [3.8, 4) is 22.8 Å². The molecule has 0 bridgehead atoms. The van der Waals surface area contributed by atoms with Crippen molar-refractivity contribution in [3.63, 3.8) is 0 Å². The summed E-state index contributed by atoms with van der Waals surface area (Å²) in [6, 6.07) is 13.0. The summed E-state index contributed by atoms with van der Waals surface area (Å²) >= 11 is 5.98. The highest BCUT2D eigenvalue weighted by molar-refractivity contribution is 6.30. The topological polar surface area (TPSA) is 69.6 Å². The number of rotatable bonds is 2. The van der Waals surface area contributed by atoms with Gasteiger partial charge in [0, 0.05) is 23.2 Å². The van der Waals surface area contributed by atoms with Gasteiger partial charge in [0.2, 0.25) is 5.82 Å². The molecule has 6 nitrogen and oxygen atoms in total. The number of fused-ring (bicyclic) bond motifs is 1. The molecule has 0 radical (unpaired) electrons. The molecule has 0 unspecified atom stereocenters. The second kappa shape index (κ2) is 4.92. The maximum atomic E-state index is 5.98. The van der Waals surface area contributed by atoms with Gasteiger partial charge in [-0.05, 0) is 36.4 Å². The summed E-state index contributed by atoms with van der Waals surface area (Å²) in [7, 11) is 1.84. The molecule has 0 aliphatic heterocycles. The molecular formula is C15H10ClN5O. The van der Waals surface area contributed by atoms with Gasteiger partial charge in [-0.1, -0.05) is 28.0 Å². The van der Waals surface area contributed by atoms with E-state index in [-0.39, 0.29) is 0 Å². The first-order chi connectivity index (χ1) is 10.7. The van der Waals surface area contributed by atoms with Crippen LogP contribution in [0.15, 0.2) is 47.0 Å². The zero-order valence-corrected chi connectivity index (χ0v) is 12.3. The molecule has 2 aromatic heterocycles. The van der Waals surface area contributed by atoms with Gasteiger partial charge in [0.05, 0.1) is 5.52 Å². The Morgan fingerprint density at radius 3 is 2.86 bits per heavy atom. The molecule has 0 aliphatic carbocycles. The maximum absolute atomic E-state index is 5.98. The Morgan fingerprint density at radius 2 is 2.00 bits per heavy atom. The molecule has 22 heavy (non-hydrogen) atoms. The summed E-state index contributed by atoms with van der Waals surface area (Å²) in [5.74, 6) is 0.943. The predicted octanol–water partition coefficient (Wildman–Crippen LogP) is 3.34. The molecule has 7 heteroatoms. The average Bonchev–Trinajstić information content (AvgIpc) is 3.15. The van der Waals surface area contributed by atoms with E-state index in [4.69, 9.17) is 16.1 Å². The van der Waals surface area contributed by atoms with Crippen LogP contribution in [-0.4, -0.2) is 25.1 Å². The summed E-state index contributed by atoms with van der Waals surface area (Å²) in [5, 5.41) is 12.7. The summed E-state index contributed by atoms with van der Waals surface area (Å²) in [6.45, 7) is 0. The average molecular weight is 312 g/mol. The van der Waals surface area contributed by atoms with E-state index in [0.717, 1.165) is 22.2 Å². The van der Waals surface area contributed by atoms with Crippen molar-refractivity contribution in [3.05, 3.63) is 47.5 Å². The third-order valence-electron chi connectivity index (χ3n) is 3.37. The molecule has 0 N–H and O–H groups in total. The zero-order valence-electron chi connectivity index (χ0n) is 11.6. The third kappa shape index (κ3) is 2.14. The Balaban J connectivity index is 1.77. The number of nitrogens with zero attached hydrogens (tertiary/aromatic N) is 5. The van der Waals surface area contributed by atoms with Crippen LogP contribution >= 0.6 is 11.6 Å². The van der Waals surface area contributed by atoms with Crippen molar-refractivity contribution in [2.75, 3.05) is 0 Å². The fraction of sp³-hybridized carbons (Fsp3) is 0.0667. The van der Waals surface area contributed by atoms with E-state index >= 15 is 0 Å².